The van der Waals surface area contributed by atoms with Gasteiger partial charge in [-0.1, -0.05) is 30.3 Å². The number of rotatable bonds is 7. The predicted octanol–water partition coefficient (Wildman–Crippen LogP) is 3.09. The maximum atomic E-state index is 12.3. The highest BCUT2D eigenvalue weighted by atomic mass is 32.2. The second kappa shape index (κ2) is 8.70. The molecule has 0 radical (unpaired) electrons. The molecule has 2 rings (SSSR count). The second-order valence-electron chi connectivity index (χ2n) is 5.49. The first kappa shape index (κ1) is 17.5. The minimum absolute atomic E-state index is 0.0852. The number of nitrogens with zero attached hydrogens (tertiary/aromatic N) is 1. The Labute approximate surface area is 141 Å². The van der Waals surface area contributed by atoms with E-state index in [4.69, 9.17) is 0 Å². The van der Waals surface area contributed by atoms with Gasteiger partial charge in [-0.15, -0.1) is 11.8 Å². The van der Waals surface area contributed by atoms with E-state index in [2.05, 4.69) is 10.3 Å². The number of hydrogen-bond acceptors (Lipinski definition) is 4. The van der Waals surface area contributed by atoms with Gasteiger partial charge in [-0.3, -0.25) is 4.79 Å². The summed E-state index contributed by atoms with van der Waals surface area (Å²) in [6.45, 7) is 2.26. The van der Waals surface area contributed by atoms with Crippen LogP contribution >= 0.6 is 11.8 Å². The number of hydrogen-bond donors (Lipinski definition) is 2. The van der Waals surface area contributed by atoms with E-state index in [9.17, 15) is 9.90 Å². The van der Waals surface area contributed by atoms with Gasteiger partial charge in [0.25, 0.3) is 5.91 Å². The average Bonchev–Trinajstić information content (AvgIpc) is 2.58. The maximum absolute atomic E-state index is 12.3. The van der Waals surface area contributed by atoms with Crippen LogP contribution in [0.3, 0.4) is 0 Å². The van der Waals surface area contributed by atoms with E-state index in [0.29, 0.717) is 18.5 Å². The lowest BCUT2D eigenvalue weighted by molar-refractivity contribution is 0.0945. The fourth-order valence-electron chi connectivity index (χ4n) is 2.45. The van der Waals surface area contributed by atoms with Crippen molar-refractivity contribution < 1.29 is 9.90 Å². The summed E-state index contributed by atoms with van der Waals surface area (Å²) in [5.41, 5.74) is 1.72. The number of nitrogens with one attached hydrogen (secondary N) is 1. The molecule has 2 atom stereocenters. The van der Waals surface area contributed by atoms with Gasteiger partial charge in [0.15, 0.2) is 0 Å². The summed E-state index contributed by atoms with van der Waals surface area (Å²) in [6, 6.07) is 13.4. The molecule has 2 N–H and O–H groups in total. The van der Waals surface area contributed by atoms with Crippen molar-refractivity contribution in [1.29, 1.82) is 0 Å². The number of amides is 1. The Morgan fingerprint density at radius 2 is 2.04 bits per heavy atom. The van der Waals surface area contributed by atoms with E-state index >= 15 is 0 Å². The van der Waals surface area contributed by atoms with Gasteiger partial charge in [0.1, 0.15) is 0 Å². The van der Waals surface area contributed by atoms with E-state index in [1.807, 2.05) is 36.6 Å². The summed E-state index contributed by atoms with van der Waals surface area (Å²) >= 11 is 1.51. The molecule has 1 aromatic carbocycles. The van der Waals surface area contributed by atoms with Crippen LogP contribution in [-0.4, -0.2) is 34.9 Å². The van der Waals surface area contributed by atoms with Gasteiger partial charge in [-0.25, -0.2) is 4.98 Å². The van der Waals surface area contributed by atoms with Crippen molar-refractivity contribution in [2.24, 2.45) is 0 Å². The number of carbonyl (C=O) groups excluding carboxylic acids is 1. The van der Waals surface area contributed by atoms with Crippen LogP contribution in [0.4, 0.5) is 0 Å². The minimum Gasteiger partial charge on any atom is -0.393 e. The van der Waals surface area contributed by atoms with Crippen LogP contribution in [0.15, 0.2) is 53.7 Å². The number of aliphatic hydroxyl groups excluding tert-OH is 1. The van der Waals surface area contributed by atoms with Gasteiger partial charge in [0.2, 0.25) is 0 Å². The molecule has 2 aromatic rings. The first-order valence-corrected chi connectivity index (χ1v) is 8.84. The van der Waals surface area contributed by atoms with Crippen molar-refractivity contribution >= 4 is 17.7 Å². The Morgan fingerprint density at radius 1 is 1.30 bits per heavy atom. The van der Waals surface area contributed by atoms with Crippen molar-refractivity contribution in [2.75, 3.05) is 12.8 Å². The minimum atomic E-state index is -0.416. The fraction of sp³-hybridized carbons (Fsp3) is 0.333. The first-order valence-electron chi connectivity index (χ1n) is 7.61. The number of benzene rings is 1. The molecule has 23 heavy (non-hydrogen) atoms. The van der Waals surface area contributed by atoms with E-state index in [1.54, 1.807) is 25.3 Å². The smallest absolute Gasteiger partial charge is 0.251 e. The molecular weight excluding hydrogens is 308 g/mol. The maximum Gasteiger partial charge on any atom is 0.251 e. The molecule has 0 saturated carbocycles. The highest BCUT2D eigenvalue weighted by Crippen LogP contribution is 2.21. The highest BCUT2D eigenvalue weighted by molar-refractivity contribution is 7.98. The van der Waals surface area contributed by atoms with Gasteiger partial charge < -0.3 is 10.4 Å². The van der Waals surface area contributed by atoms with Gasteiger partial charge in [-0.05, 0) is 37.3 Å². The molecule has 0 fully saturated rings. The van der Waals surface area contributed by atoms with Gasteiger partial charge in [0.05, 0.1) is 11.1 Å². The number of pyridine rings is 1. The lowest BCUT2D eigenvalue weighted by atomic mass is 9.93. The van der Waals surface area contributed by atoms with Crippen molar-refractivity contribution in [3.63, 3.8) is 0 Å². The molecule has 5 heteroatoms. The second-order valence-corrected chi connectivity index (χ2v) is 6.32. The molecule has 0 aliphatic heterocycles. The fourth-order valence-corrected chi connectivity index (χ4v) is 2.87. The molecule has 0 aliphatic rings. The molecular formula is C18H22N2O2S. The molecule has 1 aromatic heterocycles. The number of aliphatic hydroxyl groups is 1. The normalized spacial score (nSPS) is 13.3. The highest BCUT2D eigenvalue weighted by Gasteiger charge is 2.16. The lowest BCUT2D eigenvalue weighted by Crippen LogP contribution is -2.29. The van der Waals surface area contributed by atoms with Gasteiger partial charge in [-0.2, -0.15) is 0 Å². The Kier molecular flexibility index (Phi) is 6.62. The Morgan fingerprint density at radius 3 is 2.70 bits per heavy atom. The van der Waals surface area contributed by atoms with Crippen LogP contribution in [0, 0.1) is 0 Å². The number of carbonyl (C=O) groups is 1. The van der Waals surface area contributed by atoms with Crippen molar-refractivity contribution in [1.82, 2.24) is 10.3 Å². The van der Waals surface area contributed by atoms with Crippen molar-refractivity contribution in [3.8, 4) is 0 Å². The monoisotopic (exact) mass is 330 g/mol. The Balaban J connectivity index is 2.04. The molecule has 0 aliphatic carbocycles. The predicted molar refractivity (Wildman–Crippen MR) is 93.8 cm³/mol. The topological polar surface area (TPSA) is 62.2 Å². The molecule has 0 bridgehead atoms. The summed E-state index contributed by atoms with van der Waals surface area (Å²) in [5.74, 6) is -0.0313. The summed E-state index contributed by atoms with van der Waals surface area (Å²) < 4.78 is 0. The van der Waals surface area contributed by atoms with Crippen LogP contribution in [0.25, 0.3) is 0 Å². The largest absolute Gasteiger partial charge is 0.393 e. The summed E-state index contributed by atoms with van der Waals surface area (Å²) in [7, 11) is 0. The molecule has 0 spiro atoms. The van der Waals surface area contributed by atoms with E-state index < -0.39 is 6.10 Å². The zero-order valence-electron chi connectivity index (χ0n) is 13.4. The molecule has 2 unspecified atom stereocenters. The zero-order chi connectivity index (χ0) is 16.7. The first-order chi connectivity index (χ1) is 11.1. The summed E-state index contributed by atoms with van der Waals surface area (Å²) in [6.07, 6.45) is 3.76. The van der Waals surface area contributed by atoms with Crippen LogP contribution < -0.4 is 5.32 Å². The van der Waals surface area contributed by atoms with Crippen LogP contribution in [0.2, 0.25) is 0 Å². The summed E-state index contributed by atoms with van der Waals surface area (Å²) in [4.78, 5) is 16.5. The van der Waals surface area contributed by atoms with Gasteiger partial charge in [0, 0.05) is 24.2 Å². The zero-order valence-corrected chi connectivity index (χ0v) is 14.2. The molecule has 4 nitrogen and oxygen atoms in total. The van der Waals surface area contributed by atoms with Crippen LogP contribution in [-0.2, 0) is 0 Å². The molecule has 1 amide bonds. The third-order valence-corrected chi connectivity index (χ3v) is 4.25. The van der Waals surface area contributed by atoms with Crippen molar-refractivity contribution in [3.05, 3.63) is 59.8 Å². The summed E-state index contributed by atoms with van der Waals surface area (Å²) in [5, 5.41) is 13.5. The van der Waals surface area contributed by atoms with Gasteiger partial charge >= 0.3 is 0 Å². The Bertz CT molecular complexity index is 632. The van der Waals surface area contributed by atoms with Crippen LogP contribution in [0.5, 0.6) is 0 Å². The number of aromatic nitrogens is 1. The SMILES string of the molecule is CSc1cc(C(=O)NCC(CC(C)O)c2ccccc2)ccn1. The standard InChI is InChI=1S/C18H22N2O2S/c1-13(21)10-16(14-6-4-3-5-7-14)12-20-18(22)15-8-9-19-17(11-15)23-2/h3-9,11,13,16,21H,10,12H2,1-2H3,(H,20,22). The van der Waals surface area contributed by atoms with E-state index in [-0.39, 0.29) is 11.8 Å². The average molecular weight is 330 g/mol. The molecule has 1 heterocycles. The van der Waals surface area contributed by atoms with E-state index in [1.165, 1.54) is 11.8 Å². The third kappa shape index (κ3) is 5.37. The van der Waals surface area contributed by atoms with Crippen molar-refractivity contribution in [2.45, 2.75) is 30.4 Å². The third-order valence-electron chi connectivity index (χ3n) is 3.61. The molecule has 122 valence electrons. The Hall–Kier alpha value is -1.85. The number of thioether (sulfide) groups is 1. The molecule has 0 saturated heterocycles. The van der Waals surface area contributed by atoms with Crippen LogP contribution in [0.1, 0.15) is 35.2 Å². The van der Waals surface area contributed by atoms with E-state index in [0.717, 1.165) is 10.6 Å². The quantitative estimate of drug-likeness (QED) is 0.766. The lowest BCUT2D eigenvalue weighted by Gasteiger charge is -2.19.